The number of fused-ring (bicyclic) bond motifs is 1. The molecule has 0 unspecified atom stereocenters. The lowest BCUT2D eigenvalue weighted by molar-refractivity contribution is 0.0699. The molecule has 0 aliphatic rings. The second kappa shape index (κ2) is 5.84. The van der Waals surface area contributed by atoms with E-state index in [2.05, 4.69) is 11.6 Å². The zero-order chi connectivity index (χ0) is 14.5. The second-order valence-electron chi connectivity index (χ2n) is 4.09. The quantitative estimate of drug-likeness (QED) is 0.834. The first-order valence-corrected chi connectivity index (χ1v) is 6.02. The van der Waals surface area contributed by atoms with Gasteiger partial charge in [0, 0.05) is 11.0 Å². The molecule has 0 aliphatic heterocycles. The Hall–Kier alpha value is -2.88. The largest absolute Gasteiger partial charge is 0.478 e. The van der Waals surface area contributed by atoms with Gasteiger partial charge in [-0.05, 0) is 24.4 Å². The number of nitrogens with zero attached hydrogens (tertiary/aromatic N) is 1. The highest BCUT2D eigenvalue weighted by Gasteiger charge is 2.12. The number of pyridine rings is 1. The van der Waals surface area contributed by atoms with Gasteiger partial charge in [-0.1, -0.05) is 36.9 Å². The minimum absolute atomic E-state index is 0.214. The van der Waals surface area contributed by atoms with Gasteiger partial charge < -0.3 is 10.8 Å². The third-order valence-corrected chi connectivity index (χ3v) is 2.82. The van der Waals surface area contributed by atoms with Crippen molar-refractivity contribution in [1.82, 2.24) is 4.98 Å². The number of carboxylic acid groups (broad SMARTS) is 1. The highest BCUT2D eigenvalue weighted by molar-refractivity contribution is 6.03. The highest BCUT2D eigenvalue weighted by Crippen LogP contribution is 2.23. The van der Waals surface area contributed by atoms with Crippen molar-refractivity contribution in [1.29, 1.82) is 0 Å². The monoisotopic (exact) mass is 266 g/mol. The number of hydrogen-bond acceptors (Lipinski definition) is 3. The molecule has 0 saturated carbocycles. The third-order valence-electron chi connectivity index (χ3n) is 2.82. The van der Waals surface area contributed by atoms with Gasteiger partial charge >= 0.3 is 5.97 Å². The maximum atomic E-state index is 11.4. The predicted octanol–water partition coefficient (Wildman–Crippen LogP) is 2.97. The van der Waals surface area contributed by atoms with Crippen molar-refractivity contribution < 1.29 is 9.90 Å². The first-order chi connectivity index (χ1) is 9.67. The molecule has 20 heavy (non-hydrogen) atoms. The fourth-order valence-corrected chi connectivity index (χ4v) is 1.96. The second-order valence-corrected chi connectivity index (χ2v) is 4.09. The zero-order valence-electron chi connectivity index (χ0n) is 10.8. The molecule has 0 aliphatic carbocycles. The van der Waals surface area contributed by atoms with Crippen LogP contribution in [0.4, 0.5) is 0 Å². The number of carbonyl (C=O) groups is 1. The lowest BCUT2D eigenvalue weighted by Gasteiger charge is -2.07. The molecule has 1 aromatic carbocycles. The Morgan fingerprint density at radius 2 is 2.10 bits per heavy atom. The number of para-hydroxylation sites is 1. The van der Waals surface area contributed by atoms with Crippen LogP contribution in [0.3, 0.4) is 0 Å². The summed E-state index contributed by atoms with van der Waals surface area (Å²) < 4.78 is 0. The van der Waals surface area contributed by atoms with Crippen LogP contribution >= 0.6 is 0 Å². The summed E-state index contributed by atoms with van der Waals surface area (Å²) in [6.07, 6.45) is 6.37. The summed E-state index contributed by atoms with van der Waals surface area (Å²) in [5.74, 6) is -0.987. The normalized spacial score (nSPS) is 11.9. The van der Waals surface area contributed by atoms with E-state index in [4.69, 9.17) is 5.73 Å². The van der Waals surface area contributed by atoms with E-state index < -0.39 is 5.97 Å². The molecule has 3 N–H and O–H groups in total. The van der Waals surface area contributed by atoms with Gasteiger partial charge in [-0.2, -0.15) is 0 Å². The zero-order valence-corrected chi connectivity index (χ0v) is 10.8. The summed E-state index contributed by atoms with van der Waals surface area (Å²) in [7, 11) is 0. The molecule has 2 rings (SSSR count). The molecule has 0 saturated heterocycles. The molecule has 1 heterocycles. The number of hydrogen-bond donors (Lipinski definition) is 2. The number of aromatic nitrogens is 1. The molecule has 0 bridgehead atoms. The number of rotatable bonds is 4. The fourth-order valence-electron chi connectivity index (χ4n) is 1.96. The smallest absolute Gasteiger partial charge is 0.336 e. The van der Waals surface area contributed by atoms with Crippen molar-refractivity contribution >= 4 is 22.4 Å². The Labute approximate surface area is 116 Å². The molecule has 2 aromatic rings. The van der Waals surface area contributed by atoms with E-state index in [0.29, 0.717) is 22.2 Å². The third kappa shape index (κ3) is 2.59. The number of aromatic carboxylic acids is 1. The van der Waals surface area contributed by atoms with Crippen LogP contribution in [0.15, 0.2) is 61.3 Å². The first kappa shape index (κ1) is 13.5. The maximum Gasteiger partial charge on any atom is 0.336 e. The van der Waals surface area contributed by atoms with Crippen LogP contribution in [0.2, 0.25) is 0 Å². The average molecular weight is 266 g/mol. The van der Waals surface area contributed by atoms with Crippen LogP contribution in [0.1, 0.15) is 16.1 Å². The standard InChI is InChI=1S/C16H14N2O2/c1-2-5-11(8-9-17)15-10-13(16(19)20)12-6-3-4-7-14(12)18-15/h2-10H,1,17H2,(H,19,20)/b9-8-,11-5+. The SMILES string of the molecule is C=C/C=C(\C=C/N)c1cc(C(=O)O)c2ccccc2n1. The summed E-state index contributed by atoms with van der Waals surface area (Å²) in [4.78, 5) is 15.9. The van der Waals surface area contributed by atoms with E-state index in [1.807, 2.05) is 6.07 Å². The first-order valence-electron chi connectivity index (χ1n) is 6.02. The lowest BCUT2D eigenvalue weighted by atomic mass is 10.0. The van der Waals surface area contributed by atoms with Crippen LogP contribution in [0.25, 0.3) is 16.5 Å². The van der Waals surface area contributed by atoms with Crippen LogP contribution in [-0.4, -0.2) is 16.1 Å². The van der Waals surface area contributed by atoms with E-state index in [1.165, 1.54) is 6.20 Å². The van der Waals surface area contributed by atoms with Crippen molar-refractivity contribution in [2.24, 2.45) is 5.73 Å². The van der Waals surface area contributed by atoms with Crippen LogP contribution in [0.5, 0.6) is 0 Å². The number of carboxylic acids is 1. The lowest BCUT2D eigenvalue weighted by Crippen LogP contribution is -2.01. The van der Waals surface area contributed by atoms with Gasteiger partial charge in [-0.25, -0.2) is 9.78 Å². The van der Waals surface area contributed by atoms with Crippen molar-refractivity contribution in [2.45, 2.75) is 0 Å². The van der Waals surface area contributed by atoms with E-state index in [9.17, 15) is 9.90 Å². The van der Waals surface area contributed by atoms with Gasteiger partial charge in [0.15, 0.2) is 0 Å². The Morgan fingerprint density at radius 1 is 1.35 bits per heavy atom. The molecular weight excluding hydrogens is 252 g/mol. The van der Waals surface area contributed by atoms with E-state index >= 15 is 0 Å². The topological polar surface area (TPSA) is 76.2 Å². The molecule has 0 spiro atoms. The molecule has 100 valence electrons. The molecule has 0 amide bonds. The summed E-state index contributed by atoms with van der Waals surface area (Å²) in [6.45, 7) is 3.63. The Balaban J connectivity index is 2.75. The van der Waals surface area contributed by atoms with Gasteiger partial charge in [0.1, 0.15) is 0 Å². The van der Waals surface area contributed by atoms with Crippen molar-refractivity contribution in [3.05, 3.63) is 72.6 Å². The van der Waals surface area contributed by atoms with Crippen LogP contribution in [-0.2, 0) is 0 Å². The summed E-state index contributed by atoms with van der Waals surface area (Å²) in [5.41, 5.74) is 7.50. The van der Waals surface area contributed by atoms with E-state index in [1.54, 1.807) is 42.5 Å². The van der Waals surface area contributed by atoms with Gasteiger partial charge in [-0.15, -0.1) is 0 Å². The van der Waals surface area contributed by atoms with Crippen LogP contribution < -0.4 is 5.73 Å². The van der Waals surface area contributed by atoms with Crippen molar-refractivity contribution in [2.75, 3.05) is 0 Å². The van der Waals surface area contributed by atoms with E-state index in [0.717, 1.165) is 0 Å². The molecular formula is C16H14N2O2. The average Bonchev–Trinajstić information content (AvgIpc) is 2.45. The highest BCUT2D eigenvalue weighted by atomic mass is 16.4. The Kier molecular flexibility index (Phi) is 3.96. The van der Waals surface area contributed by atoms with Gasteiger partial charge in [0.05, 0.1) is 16.8 Å². The van der Waals surface area contributed by atoms with Gasteiger partial charge in [-0.3, -0.25) is 0 Å². The fraction of sp³-hybridized carbons (Fsp3) is 0. The summed E-state index contributed by atoms with van der Waals surface area (Å²) >= 11 is 0. The summed E-state index contributed by atoms with van der Waals surface area (Å²) in [6, 6.07) is 8.67. The molecule has 4 heteroatoms. The minimum atomic E-state index is -0.987. The molecule has 4 nitrogen and oxygen atoms in total. The Morgan fingerprint density at radius 3 is 2.75 bits per heavy atom. The molecule has 0 radical (unpaired) electrons. The minimum Gasteiger partial charge on any atom is -0.478 e. The molecule has 0 fully saturated rings. The molecule has 1 aromatic heterocycles. The van der Waals surface area contributed by atoms with E-state index in [-0.39, 0.29) is 5.56 Å². The maximum absolute atomic E-state index is 11.4. The number of nitrogens with two attached hydrogens (primary N) is 1. The summed E-state index contributed by atoms with van der Waals surface area (Å²) in [5, 5.41) is 9.95. The van der Waals surface area contributed by atoms with Crippen molar-refractivity contribution in [3.63, 3.8) is 0 Å². The van der Waals surface area contributed by atoms with Gasteiger partial charge in [0.2, 0.25) is 0 Å². The number of allylic oxidation sites excluding steroid dienone is 4. The molecule has 0 atom stereocenters. The Bertz CT molecular complexity index is 730. The predicted molar refractivity (Wildman–Crippen MR) is 80.2 cm³/mol. The number of benzene rings is 1. The van der Waals surface area contributed by atoms with Crippen molar-refractivity contribution in [3.8, 4) is 0 Å². The van der Waals surface area contributed by atoms with Crippen LogP contribution in [0, 0.1) is 0 Å². The van der Waals surface area contributed by atoms with Gasteiger partial charge in [0.25, 0.3) is 0 Å².